The van der Waals surface area contributed by atoms with Crippen LogP contribution in [0.1, 0.15) is 53.4 Å². The van der Waals surface area contributed by atoms with Crippen molar-refractivity contribution in [1.82, 2.24) is 4.90 Å². The van der Waals surface area contributed by atoms with E-state index in [1.54, 1.807) is 0 Å². The highest BCUT2D eigenvalue weighted by molar-refractivity contribution is 5.83. The summed E-state index contributed by atoms with van der Waals surface area (Å²) in [7, 11) is 1.92. The number of amides is 1. The Hall–Kier alpha value is -0.570. The minimum Gasteiger partial charge on any atom is -0.345 e. The van der Waals surface area contributed by atoms with Crippen molar-refractivity contribution >= 4 is 5.91 Å². The standard InChI is InChI=1S/C15H30N2O/c1-12-6-8-15(10-16,9-7-12)13(18)17(5)11-14(2,3)4/h12H,6-11,16H2,1-5H3. The lowest BCUT2D eigenvalue weighted by Crippen LogP contribution is -2.50. The molecule has 3 nitrogen and oxygen atoms in total. The van der Waals surface area contributed by atoms with Crippen molar-refractivity contribution in [3.8, 4) is 0 Å². The van der Waals surface area contributed by atoms with Gasteiger partial charge in [-0.3, -0.25) is 4.79 Å². The van der Waals surface area contributed by atoms with Crippen LogP contribution in [-0.4, -0.2) is 30.9 Å². The van der Waals surface area contributed by atoms with Crippen molar-refractivity contribution in [1.29, 1.82) is 0 Å². The van der Waals surface area contributed by atoms with Gasteiger partial charge >= 0.3 is 0 Å². The van der Waals surface area contributed by atoms with Gasteiger partial charge in [0.1, 0.15) is 0 Å². The van der Waals surface area contributed by atoms with Crippen LogP contribution < -0.4 is 5.73 Å². The van der Waals surface area contributed by atoms with Gasteiger partial charge < -0.3 is 10.6 Å². The molecule has 3 heteroatoms. The molecule has 106 valence electrons. The fourth-order valence-corrected chi connectivity index (χ4v) is 3.01. The molecule has 0 aliphatic heterocycles. The molecule has 2 N–H and O–H groups in total. The third-order valence-electron chi connectivity index (χ3n) is 4.13. The summed E-state index contributed by atoms with van der Waals surface area (Å²) in [6, 6.07) is 0. The van der Waals surface area contributed by atoms with Crippen molar-refractivity contribution in [2.45, 2.75) is 53.4 Å². The molecular formula is C15H30N2O. The zero-order valence-electron chi connectivity index (χ0n) is 12.8. The molecule has 0 heterocycles. The van der Waals surface area contributed by atoms with Crippen LogP contribution in [0.4, 0.5) is 0 Å². The summed E-state index contributed by atoms with van der Waals surface area (Å²) in [4.78, 5) is 14.6. The Bertz CT molecular complexity index is 285. The second-order valence-electron chi connectivity index (χ2n) is 7.39. The molecule has 0 unspecified atom stereocenters. The van der Waals surface area contributed by atoms with E-state index in [1.165, 1.54) is 0 Å². The van der Waals surface area contributed by atoms with Gasteiger partial charge in [0.2, 0.25) is 5.91 Å². The summed E-state index contributed by atoms with van der Waals surface area (Å²) < 4.78 is 0. The molecule has 1 fully saturated rings. The number of rotatable bonds is 3. The van der Waals surface area contributed by atoms with Gasteiger partial charge in [-0.2, -0.15) is 0 Å². The van der Waals surface area contributed by atoms with Crippen LogP contribution in [-0.2, 0) is 4.79 Å². The molecule has 18 heavy (non-hydrogen) atoms. The Labute approximate surface area is 112 Å². The average Bonchev–Trinajstić information content (AvgIpc) is 2.27. The van der Waals surface area contributed by atoms with E-state index in [4.69, 9.17) is 5.73 Å². The van der Waals surface area contributed by atoms with Crippen LogP contribution in [0.5, 0.6) is 0 Å². The third kappa shape index (κ3) is 3.71. The minimum atomic E-state index is -0.285. The van der Waals surface area contributed by atoms with Crippen molar-refractivity contribution in [2.24, 2.45) is 22.5 Å². The number of carbonyl (C=O) groups excluding carboxylic acids is 1. The summed E-state index contributed by atoms with van der Waals surface area (Å²) in [5.41, 5.74) is 5.79. The number of nitrogens with two attached hydrogens (primary N) is 1. The van der Waals surface area contributed by atoms with E-state index in [1.807, 2.05) is 11.9 Å². The van der Waals surface area contributed by atoms with E-state index in [9.17, 15) is 4.79 Å². The lowest BCUT2D eigenvalue weighted by atomic mass is 9.70. The fraction of sp³-hybridized carbons (Fsp3) is 0.933. The Kier molecular flexibility index (Phi) is 4.82. The third-order valence-corrected chi connectivity index (χ3v) is 4.13. The van der Waals surface area contributed by atoms with Crippen molar-refractivity contribution < 1.29 is 4.79 Å². The maximum atomic E-state index is 12.7. The highest BCUT2D eigenvalue weighted by atomic mass is 16.2. The topological polar surface area (TPSA) is 46.3 Å². The Morgan fingerprint density at radius 3 is 2.22 bits per heavy atom. The first-order valence-corrected chi connectivity index (χ1v) is 7.16. The maximum Gasteiger partial charge on any atom is 0.229 e. The zero-order chi connectivity index (χ0) is 14.0. The largest absolute Gasteiger partial charge is 0.345 e. The first-order valence-electron chi connectivity index (χ1n) is 7.16. The molecule has 1 saturated carbocycles. The quantitative estimate of drug-likeness (QED) is 0.841. The summed E-state index contributed by atoms with van der Waals surface area (Å²) in [5, 5.41) is 0. The van der Waals surface area contributed by atoms with Crippen LogP contribution in [0.25, 0.3) is 0 Å². The lowest BCUT2D eigenvalue weighted by Gasteiger charge is -2.41. The molecular weight excluding hydrogens is 224 g/mol. The molecule has 1 aliphatic rings. The molecule has 1 rings (SSSR count). The number of hydrogen-bond donors (Lipinski definition) is 1. The fourth-order valence-electron chi connectivity index (χ4n) is 3.01. The number of hydrogen-bond acceptors (Lipinski definition) is 2. The van der Waals surface area contributed by atoms with E-state index in [0.717, 1.165) is 38.1 Å². The van der Waals surface area contributed by atoms with Crippen LogP contribution in [0.15, 0.2) is 0 Å². The molecule has 0 atom stereocenters. The molecule has 0 spiro atoms. The van der Waals surface area contributed by atoms with E-state index in [0.29, 0.717) is 6.54 Å². The van der Waals surface area contributed by atoms with Gasteiger partial charge in [0.05, 0.1) is 5.41 Å². The predicted molar refractivity (Wildman–Crippen MR) is 76.2 cm³/mol. The first kappa shape index (κ1) is 15.5. The Morgan fingerprint density at radius 2 is 1.83 bits per heavy atom. The minimum absolute atomic E-state index is 0.141. The van der Waals surface area contributed by atoms with E-state index in [-0.39, 0.29) is 16.7 Å². The van der Waals surface area contributed by atoms with E-state index < -0.39 is 0 Å². The average molecular weight is 254 g/mol. The smallest absolute Gasteiger partial charge is 0.229 e. The Morgan fingerprint density at radius 1 is 1.33 bits per heavy atom. The predicted octanol–water partition coefficient (Wildman–Crippen LogP) is 2.65. The molecule has 1 amide bonds. The number of nitrogens with zero attached hydrogens (tertiary/aromatic N) is 1. The monoisotopic (exact) mass is 254 g/mol. The van der Waals surface area contributed by atoms with Gasteiger partial charge in [-0.1, -0.05) is 27.7 Å². The van der Waals surface area contributed by atoms with Crippen LogP contribution in [0.2, 0.25) is 0 Å². The van der Waals surface area contributed by atoms with Crippen molar-refractivity contribution in [3.05, 3.63) is 0 Å². The summed E-state index contributed by atoms with van der Waals surface area (Å²) >= 11 is 0. The maximum absolute atomic E-state index is 12.7. The number of carbonyl (C=O) groups is 1. The normalized spacial score (nSPS) is 29.1. The lowest BCUT2D eigenvalue weighted by molar-refractivity contribution is -0.143. The second kappa shape index (κ2) is 5.60. The van der Waals surface area contributed by atoms with Gasteiger partial charge in [0, 0.05) is 20.1 Å². The highest BCUT2D eigenvalue weighted by Crippen LogP contribution is 2.39. The van der Waals surface area contributed by atoms with Crippen molar-refractivity contribution in [2.75, 3.05) is 20.1 Å². The van der Waals surface area contributed by atoms with Gasteiger partial charge in [-0.15, -0.1) is 0 Å². The molecule has 0 saturated heterocycles. The molecule has 0 aromatic heterocycles. The van der Waals surface area contributed by atoms with Crippen LogP contribution in [0.3, 0.4) is 0 Å². The molecule has 0 aromatic carbocycles. The summed E-state index contributed by atoms with van der Waals surface area (Å²) in [6.45, 7) is 10.0. The summed E-state index contributed by atoms with van der Waals surface area (Å²) in [6.07, 6.45) is 4.18. The van der Waals surface area contributed by atoms with Crippen molar-refractivity contribution in [3.63, 3.8) is 0 Å². The van der Waals surface area contributed by atoms with Gasteiger partial charge in [-0.25, -0.2) is 0 Å². The SMILES string of the molecule is CC1CCC(CN)(C(=O)N(C)CC(C)(C)C)CC1. The van der Waals surface area contributed by atoms with Crippen LogP contribution in [0, 0.1) is 16.7 Å². The van der Waals surface area contributed by atoms with Gasteiger partial charge in [0.15, 0.2) is 0 Å². The van der Waals surface area contributed by atoms with Crippen LogP contribution >= 0.6 is 0 Å². The first-order chi connectivity index (χ1) is 8.20. The molecule has 0 aromatic rings. The van der Waals surface area contributed by atoms with Gasteiger partial charge in [-0.05, 0) is 37.0 Å². The second-order valence-corrected chi connectivity index (χ2v) is 7.39. The Balaban J connectivity index is 2.73. The van der Waals surface area contributed by atoms with E-state index in [2.05, 4.69) is 27.7 Å². The molecule has 1 aliphatic carbocycles. The van der Waals surface area contributed by atoms with Gasteiger partial charge in [0.25, 0.3) is 0 Å². The van der Waals surface area contributed by atoms with E-state index >= 15 is 0 Å². The highest BCUT2D eigenvalue weighted by Gasteiger charge is 2.41. The molecule has 0 radical (unpaired) electrons. The molecule has 0 bridgehead atoms. The zero-order valence-corrected chi connectivity index (χ0v) is 12.8. The summed E-state index contributed by atoms with van der Waals surface area (Å²) in [5.74, 6) is 0.997.